The average molecular weight is 460 g/mol. The van der Waals surface area contributed by atoms with Gasteiger partial charge >= 0.3 is 6.18 Å². The topological polar surface area (TPSA) is 52.0 Å². The summed E-state index contributed by atoms with van der Waals surface area (Å²) >= 11 is 0. The van der Waals surface area contributed by atoms with Crippen molar-refractivity contribution in [3.63, 3.8) is 0 Å². The maximum Gasteiger partial charge on any atom is 0.417 e. The molecule has 0 aliphatic carbocycles. The van der Waals surface area contributed by atoms with E-state index in [9.17, 15) is 26.0 Å². The van der Waals surface area contributed by atoms with Gasteiger partial charge < -0.3 is 0 Å². The van der Waals surface area contributed by atoms with Gasteiger partial charge in [0.05, 0.1) is 16.7 Å². The predicted octanol–water partition coefficient (Wildman–Crippen LogP) is 5.77. The second-order valence-electron chi connectivity index (χ2n) is 7.13. The Morgan fingerprint density at radius 3 is 2.22 bits per heavy atom. The lowest BCUT2D eigenvalue weighted by Crippen LogP contribution is -2.09. The number of benzene rings is 3. The van der Waals surface area contributed by atoms with Gasteiger partial charge in [0.2, 0.25) is 5.95 Å². The van der Waals surface area contributed by atoms with Crippen LogP contribution in [0.15, 0.2) is 83.9 Å². The van der Waals surface area contributed by atoms with Crippen LogP contribution in [0, 0.1) is 5.95 Å². The van der Waals surface area contributed by atoms with E-state index in [0.29, 0.717) is 11.1 Å². The molecule has 0 atom stereocenters. The molecular formula is C23H16F4N2O2S. The van der Waals surface area contributed by atoms with E-state index in [-0.39, 0.29) is 22.0 Å². The Morgan fingerprint density at radius 1 is 0.875 bits per heavy atom. The highest BCUT2D eigenvalue weighted by atomic mass is 32.2. The molecule has 1 heterocycles. The summed E-state index contributed by atoms with van der Waals surface area (Å²) in [4.78, 5) is 4.04. The van der Waals surface area contributed by atoms with Crippen molar-refractivity contribution in [2.24, 2.45) is 0 Å². The minimum atomic E-state index is -4.63. The van der Waals surface area contributed by atoms with Crippen LogP contribution in [0.1, 0.15) is 5.56 Å². The van der Waals surface area contributed by atoms with Crippen molar-refractivity contribution in [3.8, 4) is 28.2 Å². The number of rotatable bonds is 4. The number of alkyl halides is 3. The van der Waals surface area contributed by atoms with Crippen molar-refractivity contribution < 1.29 is 26.0 Å². The maximum absolute atomic E-state index is 14.6. The third-order valence-electron chi connectivity index (χ3n) is 4.91. The Labute approximate surface area is 181 Å². The van der Waals surface area contributed by atoms with Crippen molar-refractivity contribution >= 4 is 9.84 Å². The van der Waals surface area contributed by atoms with Crippen molar-refractivity contribution in [1.29, 1.82) is 0 Å². The van der Waals surface area contributed by atoms with Gasteiger partial charge in [0, 0.05) is 17.5 Å². The molecule has 0 saturated carbocycles. The van der Waals surface area contributed by atoms with Gasteiger partial charge in [-0.15, -0.1) is 0 Å². The lowest BCUT2D eigenvalue weighted by Gasteiger charge is -2.14. The Morgan fingerprint density at radius 2 is 1.56 bits per heavy atom. The molecule has 0 aliphatic heterocycles. The first-order valence-corrected chi connectivity index (χ1v) is 11.3. The van der Waals surface area contributed by atoms with Crippen LogP contribution in [0.3, 0.4) is 0 Å². The molecule has 3 aromatic carbocycles. The van der Waals surface area contributed by atoms with E-state index in [0.717, 1.165) is 23.1 Å². The Bertz CT molecular complexity index is 1390. The van der Waals surface area contributed by atoms with Gasteiger partial charge in [-0.3, -0.25) is 4.57 Å². The van der Waals surface area contributed by atoms with E-state index in [2.05, 4.69) is 4.98 Å². The molecule has 0 aliphatic rings. The van der Waals surface area contributed by atoms with Crippen LogP contribution in [0.25, 0.3) is 28.2 Å². The number of nitrogens with zero attached hydrogens (tertiary/aromatic N) is 2. The fraction of sp³-hybridized carbons (Fsp3) is 0.0870. The Hall–Kier alpha value is -3.46. The number of sulfone groups is 1. The number of hydrogen-bond acceptors (Lipinski definition) is 3. The summed E-state index contributed by atoms with van der Waals surface area (Å²) < 4.78 is 79.5. The molecule has 0 amide bonds. The fourth-order valence-electron chi connectivity index (χ4n) is 3.40. The van der Waals surface area contributed by atoms with E-state index >= 15 is 0 Å². The number of hydrogen-bond donors (Lipinski definition) is 0. The molecule has 0 unspecified atom stereocenters. The second kappa shape index (κ2) is 7.90. The van der Waals surface area contributed by atoms with Crippen LogP contribution in [0.2, 0.25) is 0 Å². The fourth-order valence-corrected chi connectivity index (χ4v) is 4.07. The molecule has 9 heteroatoms. The molecule has 164 valence electrons. The summed E-state index contributed by atoms with van der Waals surface area (Å²) in [7, 11) is -3.39. The summed E-state index contributed by atoms with van der Waals surface area (Å²) in [5, 5.41) is 0. The highest BCUT2D eigenvalue weighted by Crippen LogP contribution is 2.37. The zero-order chi connectivity index (χ0) is 23.1. The van der Waals surface area contributed by atoms with Gasteiger partial charge in [-0.25, -0.2) is 13.4 Å². The van der Waals surface area contributed by atoms with Crippen LogP contribution < -0.4 is 0 Å². The van der Waals surface area contributed by atoms with E-state index in [4.69, 9.17) is 0 Å². The van der Waals surface area contributed by atoms with Crippen molar-refractivity contribution in [3.05, 3.63) is 90.5 Å². The maximum atomic E-state index is 14.6. The Kier molecular flexibility index (Phi) is 5.37. The molecule has 0 bridgehead atoms. The van der Waals surface area contributed by atoms with Gasteiger partial charge in [-0.05, 0) is 41.5 Å². The third kappa shape index (κ3) is 4.16. The lowest BCUT2D eigenvalue weighted by atomic mass is 10.0. The molecule has 0 spiro atoms. The molecule has 1 aromatic heterocycles. The molecular weight excluding hydrogens is 444 g/mol. The number of aromatic nitrogens is 2. The number of imidazole rings is 1. The normalized spacial score (nSPS) is 12.2. The third-order valence-corrected chi connectivity index (χ3v) is 6.02. The standard InChI is InChI=1S/C23H16F4N2O2S/c1-32(30,31)18-6-4-5-16(13-18)15-9-11-17(12-10-15)29-21(24)14-28-22(29)19-7-2-3-8-20(19)23(25,26)27/h2-14H,1H3. The monoisotopic (exact) mass is 460 g/mol. The van der Waals surface area contributed by atoms with Gasteiger partial charge in [-0.2, -0.15) is 17.6 Å². The van der Waals surface area contributed by atoms with E-state index in [1.165, 1.54) is 42.5 Å². The second-order valence-corrected chi connectivity index (χ2v) is 9.15. The van der Waals surface area contributed by atoms with Crippen molar-refractivity contribution in [1.82, 2.24) is 9.55 Å². The van der Waals surface area contributed by atoms with Gasteiger partial charge in [0.15, 0.2) is 9.84 Å². The van der Waals surface area contributed by atoms with Gasteiger partial charge in [0.25, 0.3) is 0 Å². The zero-order valence-corrected chi connectivity index (χ0v) is 17.5. The van der Waals surface area contributed by atoms with Crippen molar-refractivity contribution in [2.75, 3.05) is 6.26 Å². The van der Waals surface area contributed by atoms with Crippen LogP contribution >= 0.6 is 0 Å². The van der Waals surface area contributed by atoms with Crippen LogP contribution in [0.5, 0.6) is 0 Å². The van der Waals surface area contributed by atoms with Gasteiger partial charge in [-0.1, -0.05) is 42.5 Å². The highest BCUT2D eigenvalue weighted by molar-refractivity contribution is 7.90. The minimum Gasteiger partial charge on any atom is -0.269 e. The van der Waals surface area contributed by atoms with E-state index in [1.54, 1.807) is 24.3 Å². The van der Waals surface area contributed by atoms with Crippen LogP contribution in [0.4, 0.5) is 17.6 Å². The van der Waals surface area contributed by atoms with Crippen LogP contribution in [-0.4, -0.2) is 24.2 Å². The summed E-state index contributed by atoms with van der Waals surface area (Å²) in [6.45, 7) is 0. The van der Waals surface area contributed by atoms with Crippen molar-refractivity contribution in [2.45, 2.75) is 11.1 Å². The molecule has 0 N–H and O–H groups in total. The summed E-state index contributed by atoms with van der Waals surface area (Å²) in [6.07, 6.45) is -2.65. The van der Waals surface area contributed by atoms with E-state index in [1.807, 2.05) is 0 Å². The molecule has 0 saturated heterocycles. The molecule has 32 heavy (non-hydrogen) atoms. The lowest BCUT2D eigenvalue weighted by molar-refractivity contribution is -0.137. The summed E-state index contributed by atoms with van der Waals surface area (Å²) in [6, 6.07) is 17.5. The highest BCUT2D eigenvalue weighted by Gasteiger charge is 2.34. The Balaban J connectivity index is 1.78. The molecule has 4 aromatic rings. The average Bonchev–Trinajstić information content (AvgIpc) is 3.14. The predicted molar refractivity (Wildman–Crippen MR) is 113 cm³/mol. The van der Waals surface area contributed by atoms with E-state index < -0.39 is 27.5 Å². The number of halogens is 4. The smallest absolute Gasteiger partial charge is 0.269 e. The summed E-state index contributed by atoms with van der Waals surface area (Å²) in [5.41, 5.74) is 0.412. The van der Waals surface area contributed by atoms with Crippen LogP contribution in [-0.2, 0) is 16.0 Å². The molecule has 4 nitrogen and oxygen atoms in total. The molecule has 4 rings (SSSR count). The van der Waals surface area contributed by atoms with Gasteiger partial charge in [0.1, 0.15) is 5.82 Å². The zero-order valence-electron chi connectivity index (χ0n) is 16.6. The molecule has 0 fully saturated rings. The minimum absolute atomic E-state index is 0.158. The molecule has 0 radical (unpaired) electrons. The first kappa shape index (κ1) is 21.8. The quantitative estimate of drug-likeness (QED) is 0.364. The summed E-state index contributed by atoms with van der Waals surface area (Å²) in [5.74, 6) is -0.994. The first-order chi connectivity index (χ1) is 15.1. The SMILES string of the molecule is CS(=O)(=O)c1cccc(-c2ccc(-n3c(F)cnc3-c3ccccc3C(F)(F)F)cc2)c1. The largest absolute Gasteiger partial charge is 0.417 e. The first-order valence-electron chi connectivity index (χ1n) is 9.36.